The summed E-state index contributed by atoms with van der Waals surface area (Å²) in [6, 6.07) is 6.02. The third kappa shape index (κ3) is 2.22. The van der Waals surface area contributed by atoms with Crippen LogP contribution >= 0.6 is 15.9 Å². The highest BCUT2D eigenvalue weighted by molar-refractivity contribution is 9.10. The molecule has 2 heteroatoms. The van der Waals surface area contributed by atoms with Crippen molar-refractivity contribution >= 4 is 21.6 Å². The highest BCUT2D eigenvalue weighted by atomic mass is 79.9. The highest BCUT2D eigenvalue weighted by Crippen LogP contribution is 2.22. The van der Waals surface area contributed by atoms with Crippen LogP contribution in [0.5, 0.6) is 0 Å². The predicted octanol–water partition coefficient (Wildman–Crippen LogP) is 3.15. The monoisotopic (exact) mass is 213 g/mol. The van der Waals surface area contributed by atoms with Gasteiger partial charge in [0.2, 0.25) is 0 Å². The quantitative estimate of drug-likeness (QED) is 0.714. The molecule has 11 heavy (non-hydrogen) atoms. The van der Waals surface area contributed by atoms with Crippen LogP contribution in [0.25, 0.3) is 0 Å². The molecule has 1 nitrogen and oxygen atoms in total. The minimum absolute atomic E-state index is 0.537. The molecule has 0 aromatic heterocycles. The zero-order valence-corrected chi connectivity index (χ0v) is 8.35. The molecule has 0 bridgehead atoms. The van der Waals surface area contributed by atoms with Crippen molar-refractivity contribution in [3.05, 3.63) is 28.2 Å². The Labute approximate surface area is 75.7 Å². The SMILES string of the molecule is CC(C)c1cc(N)cc(Br)c1. The second-order valence-corrected chi connectivity index (χ2v) is 3.89. The van der Waals surface area contributed by atoms with E-state index >= 15 is 0 Å². The average Bonchev–Trinajstić information content (AvgIpc) is 1.85. The Morgan fingerprint density at radius 2 is 1.91 bits per heavy atom. The van der Waals surface area contributed by atoms with Crippen LogP contribution in [0.15, 0.2) is 22.7 Å². The largest absolute Gasteiger partial charge is 0.399 e. The van der Waals surface area contributed by atoms with E-state index in [2.05, 4.69) is 35.8 Å². The lowest BCUT2D eigenvalue weighted by Crippen LogP contribution is -1.91. The van der Waals surface area contributed by atoms with Gasteiger partial charge >= 0.3 is 0 Å². The summed E-state index contributed by atoms with van der Waals surface area (Å²) in [5, 5.41) is 0. The van der Waals surface area contributed by atoms with Gasteiger partial charge in [0, 0.05) is 10.2 Å². The van der Waals surface area contributed by atoms with E-state index in [1.54, 1.807) is 0 Å². The molecule has 0 fully saturated rings. The maximum absolute atomic E-state index is 5.67. The van der Waals surface area contributed by atoms with Gasteiger partial charge in [0.25, 0.3) is 0 Å². The second kappa shape index (κ2) is 3.26. The second-order valence-electron chi connectivity index (χ2n) is 2.97. The van der Waals surface area contributed by atoms with Crippen molar-refractivity contribution in [3.63, 3.8) is 0 Å². The zero-order chi connectivity index (χ0) is 8.43. The van der Waals surface area contributed by atoms with Crippen LogP contribution in [0.1, 0.15) is 25.3 Å². The van der Waals surface area contributed by atoms with Crippen LogP contribution in [0.2, 0.25) is 0 Å². The van der Waals surface area contributed by atoms with E-state index in [0.717, 1.165) is 10.2 Å². The van der Waals surface area contributed by atoms with Gasteiger partial charge in [0.05, 0.1) is 0 Å². The maximum atomic E-state index is 5.67. The molecule has 0 heterocycles. The molecule has 0 amide bonds. The summed E-state index contributed by atoms with van der Waals surface area (Å²) >= 11 is 3.40. The Kier molecular flexibility index (Phi) is 2.55. The number of anilines is 1. The molecule has 0 aliphatic heterocycles. The number of halogens is 1. The molecule has 0 spiro atoms. The molecule has 60 valence electrons. The topological polar surface area (TPSA) is 26.0 Å². The molecule has 0 saturated carbocycles. The van der Waals surface area contributed by atoms with E-state index < -0.39 is 0 Å². The molecule has 0 unspecified atom stereocenters. The third-order valence-corrected chi connectivity index (χ3v) is 2.07. The molecule has 1 rings (SSSR count). The first-order valence-electron chi connectivity index (χ1n) is 3.65. The first-order valence-corrected chi connectivity index (χ1v) is 4.45. The fourth-order valence-corrected chi connectivity index (χ4v) is 1.50. The summed E-state index contributed by atoms with van der Waals surface area (Å²) in [7, 11) is 0. The fourth-order valence-electron chi connectivity index (χ4n) is 0.969. The predicted molar refractivity (Wildman–Crippen MR) is 52.6 cm³/mol. The minimum atomic E-state index is 0.537. The molecular formula is C9H12BrN. The van der Waals surface area contributed by atoms with Gasteiger partial charge in [-0.1, -0.05) is 29.8 Å². The first kappa shape index (κ1) is 8.60. The summed E-state index contributed by atoms with van der Waals surface area (Å²) in [5.41, 5.74) is 7.76. The van der Waals surface area contributed by atoms with E-state index in [9.17, 15) is 0 Å². The number of nitrogen functional groups attached to an aromatic ring is 1. The van der Waals surface area contributed by atoms with Crippen LogP contribution in [0.3, 0.4) is 0 Å². The summed E-state index contributed by atoms with van der Waals surface area (Å²) in [6.07, 6.45) is 0. The summed E-state index contributed by atoms with van der Waals surface area (Å²) in [5.74, 6) is 0.537. The lowest BCUT2D eigenvalue weighted by molar-refractivity contribution is 0.866. The Balaban J connectivity index is 3.08. The molecule has 0 aliphatic rings. The smallest absolute Gasteiger partial charge is 0.0328 e. The highest BCUT2D eigenvalue weighted by Gasteiger charge is 2.00. The van der Waals surface area contributed by atoms with Crippen LogP contribution < -0.4 is 5.73 Å². The fraction of sp³-hybridized carbons (Fsp3) is 0.333. The van der Waals surface area contributed by atoms with Crippen LogP contribution in [-0.2, 0) is 0 Å². The zero-order valence-electron chi connectivity index (χ0n) is 6.76. The average molecular weight is 214 g/mol. The van der Waals surface area contributed by atoms with Crippen LogP contribution in [0, 0.1) is 0 Å². The van der Waals surface area contributed by atoms with Crippen molar-refractivity contribution in [1.82, 2.24) is 0 Å². The Morgan fingerprint density at radius 3 is 2.36 bits per heavy atom. The summed E-state index contributed by atoms with van der Waals surface area (Å²) < 4.78 is 1.06. The van der Waals surface area contributed by atoms with Gasteiger partial charge < -0.3 is 5.73 Å². The van der Waals surface area contributed by atoms with E-state index in [4.69, 9.17) is 5.73 Å². The van der Waals surface area contributed by atoms with Gasteiger partial charge in [-0.25, -0.2) is 0 Å². The lowest BCUT2D eigenvalue weighted by Gasteiger charge is -2.06. The van der Waals surface area contributed by atoms with Gasteiger partial charge in [0.1, 0.15) is 0 Å². The van der Waals surface area contributed by atoms with Crippen molar-refractivity contribution in [1.29, 1.82) is 0 Å². The number of benzene rings is 1. The lowest BCUT2D eigenvalue weighted by atomic mass is 10.0. The molecule has 0 saturated heterocycles. The van der Waals surface area contributed by atoms with E-state index in [-0.39, 0.29) is 0 Å². The Bertz CT molecular complexity index is 235. The maximum Gasteiger partial charge on any atom is 0.0328 e. The minimum Gasteiger partial charge on any atom is -0.399 e. The molecule has 0 radical (unpaired) electrons. The first-order chi connectivity index (χ1) is 5.09. The van der Waals surface area contributed by atoms with Crippen LogP contribution in [0.4, 0.5) is 5.69 Å². The van der Waals surface area contributed by atoms with E-state index in [1.807, 2.05) is 12.1 Å². The van der Waals surface area contributed by atoms with Gasteiger partial charge in [-0.15, -0.1) is 0 Å². The van der Waals surface area contributed by atoms with Crippen molar-refractivity contribution in [2.24, 2.45) is 0 Å². The molecule has 2 N–H and O–H groups in total. The van der Waals surface area contributed by atoms with Gasteiger partial charge in [-0.2, -0.15) is 0 Å². The van der Waals surface area contributed by atoms with Crippen molar-refractivity contribution < 1.29 is 0 Å². The van der Waals surface area contributed by atoms with Crippen LogP contribution in [-0.4, -0.2) is 0 Å². The number of nitrogens with two attached hydrogens (primary N) is 1. The summed E-state index contributed by atoms with van der Waals surface area (Å²) in [6.45, 7) is 4.31. The van der Waals surface area contributed by atoms with Crippen molar-refractivity contribution in [2.75, 3.05) is 5.73 Å². The molecule has 0 aliphatic carbocycles. The molecular weight excluding hydrogens is 202 g/mol. The van der Waals surface area contributed by atoms with Crippen molar-refractivity contribution in [2.45, 2.75) is 19.8 Å². The molecule has 0 atom stereocenters. The Hall–Kier alpha value is -0.500. The van der Waals surface area contributed by atoms with Gasteiger partial charge in [0.15, 0.2) is 0 Å². The van der Waals surface area contributed by atoms with Crippen molar-refractivity contribution in [3.8, 4) is 0 Å². The normalized spacial score (nSPS) is 10.5. The number of hydrogen-bond acceptors (Lipinski definition) is 1. The Morgan fingerprint density at radius 1 is 1.27 bits per heavy atom. The van der Waals surface area contributed by atoms with E-state index in [0.29, 0.717) is 5.92 Å². The van der Waals surface area contributed by atoms with Gasteiger partial charge in [-0.05, 0) is 29.7 Å². The number of rotatable bonds is 1. The standard InChI is InChI=1S/C9H12BrN/c1-6(2)7-3-8(10)5-9(11)4-7/h3-6H,11H2,1-2H3. The number of hydrogen-bond donors (Lipinski definition) is 1. The molecule has 1 aromatic carbocycles. The molecule has 1 aromatic rings. The van der Waals surface area contributed by atoms with Gasteiger partial charge in [-0.3, -0.25) is 0 Å². The van der Waals surface area contributed by atoms with E-state index in [1.165, 1.54) is 5.56 Å². The summed E-state index contributed by atoms with van der Waals surface area (Å²) in [4.78, 5) is 0. The third-order valence-electron chi connectivity index (χ3n) is 1.61.